The molecule has 2 aromatic rings. The Morgan fingerprint density at radius 2 is 2.15 bits per heavy atom. The average Bonchev–Trinajstić information content (AvgIpc) is 2.81. The highest BCUT2D eigenvalue weighted by Gasteiger charge is 2.38. The van der Waals surface area contributed by atoms with Gasteiger partial charge in [0.2, 0.25) is 0 Å². The molecule has 0 saturated carbocycles. The summed E-state index contributed by atoms with van der Waals surface area (Å²) in [6.45, 7) is 1.89. The van der Waals surface area contributed by atoms with E-state index >= 15 is 0 Å². The van der Waals surface area contributed by atoms with E-state index in [1.807, 2.05) is 29.8 Å². The second-order valence-electron chi connectivity index (χ2n) is 4.85. The van der Waals surface area contributed by atoms with Crippen molar-refractivity contribution in [1.29, 1.82) is 0 Å². The van der Waals surface area contributed by atoms with Crippen molar-refractivity contribution in [3.8, 4) is 5.75 Å². The van der Waals surface area contributed by atoms with Gasteiger partial charge in [-0.05, 0) is 19.1 Å². The lowest BCUT2D eigenvalue weighted by Crippen LogP contribution is -2.50. The second kappa shape index (κ2) is 5.25. The van der Waals surface area contributed by atoms with E-state index in [0.717, 1.165) is 5.69 Å². The van der Waals surface area contributed by atoms with Crippen LogP contribution in [0.25, 0.3) is 5.65 Å². The van der Waals surface area contributed by atoms with Gasteiger partial charge >= 0.3 is 0 Å². The summed E-state index contributed by atoms with van der Waals surface area (Å²) in [6, 6.07) is 3.60. The molecule has 108 valence electrons. The van der Waals surface area contributed by atoms with Crippen molar-refractivity contribution >= 4 is 17.4 Å². The first-order chi connectivity index (χ1) is 9.56. The molecule has 7 heteroatoms. The molecule has 1 fully saturated rings. The highest BCUT2D eigenvalue weighted by Crippen LogP contribution is 2.30. The molecule has 3 N–H and O–H groups in total. The third kappa shape index (κ3) is 2.37. The first-order valence-corrected chi connectivity index (χ1v) is 7.38. The number of aliphatic hydroxyl groups is 3. The number of thioether (sulfide) groups is 1. The zero-order valence-corrected chi connectivity index (χ0v) is 11.7. The van der Waals surface area contributed by atoms with Crippen LogP contribution in [-0.4, -0.2) is 54.2 Å². The number of rotatable bonds is 2. The van der Waals surface area contributed by atoms with Crippen LogP contribution in [0.4, 0.5) is 0 Å². The molecule has 1 saturated heterocycles. The molecule has 0 radical (unpaired) electrons. The molecule has 2 aromatic heterocycles. The number of fused-ring (bicyclic) bond motifs is 1. The highest BCUT2D eigenvalue weighted by atomic mass is 32.2. The minimum atomic E-state index is -1.19. The maximum atomic E-state index is 9.96. The molecule has 0 bridgehead atoms. The topological polar surface area (TPSA) is 87.2 Å². The maximum absolute atomic E-state index is 9.96. The number of aliphatic hydroxyl groups excluding tert-OH is 3. The number of nitrogens with zero attached hydrogens (tertiary/aromatic N) is 2. The van der Waals surface area contributed by atoms with Gasteiger partial charge in [-0.1, -0.05) is 0 Å². The molecule has 0 spiro atoms. The number of imidazole rings is 1. The summed E-state index contributed by atoms with van der Waals surface area (Å²) in [5.41, 5.74) is 0.906. The fraction of sp³-hybridized carbons (Fsp3) is 0.462. The van der Waals surface area contributed by atoms with Crippen LogP contribution in [0.3, 0.4) is 0 Å². The van der Waals surface area contributed by atoms with E-state index in [0.29, 0.717) is 17.1 Å². The number of ether oxygens (including phenoxy) is 1. The van der Waals surface area contributed by atoms with Gasteiger partial charge in [0.25, 0.3) is 0 Å². The van der Waals surface area contributed by atoms with Crippen molar-refractivity contribution in [2.24, 2.45) is 0 Å². The van der Waals surface area contributed by atoms with Crippen LogP contribution in [-0.2, 0) is 0 Å². The van der Waals surface area contributed by atoms with Crippen molar-refractivity contribution < 1.29 is 20.1 Å². The van der Waals surface area contributed by atoms with Crippen LogP contribution in [0.15, 0.2) is 24.5 Å². The number of aromatic nitrogens is 2. The van der Waals surface area contributed by atoms with Crippen molar-refractivity contribution in [3.63, 3.8) is 0 Å². The van der Waals surface area contributed by atoms with Crippen LogP contribution in [0.2, 0.25) is 0 Å². The van der Waals surface area contributed by atoms with Crippen molar-refractivity contribution in [2.45, 2.75) is 30.7 Å². The largest absolute Gasteiger partial charge is 0.473 e. The Morgan fingerprint density at radius 3 is 2.95 bits per heavy atom. The molecule has 0 aromatic carbocycles. The molecule has 1 aliphatic heterocycles. The normalized spacial score (nSPS) is 30.6. The summed E-state index contributed by atoms with van der Waals surface area (Å²) in [6.07, 6.45) is 0.484. The third-order valence-corrected chi connectivity index (χ3v) is 4.50. The summed E-state index contributed by atoms with van der Waals surface area (Å²) >= 11 is 1.27. The van der Waals surface area contributed by atoms with E-state index in [-0.39, 0.29) is 0 Å². The maximum Gasteiger partial charge on any atom is 0.179 e. The minimum absolute atomic E-state index is 0.319. The van der Waals surface area contributed by atoms with Gasteiger partial charge in [0.05, 0.1) is 11.8 Å². The fourth-order valence-corrected chi connectivity index (χ4v) is 3.32. The van der Waals surface area contributed by atoms with Gasteiger partial charge in [-0.2, -0.15) is 0 Å². The Labute approximate surface area is 120 Å². The van der Waals surface area contributed by atoms with Crippen LogP contribution >= 0.6 is 11.8 Å². The van der Waals surface area contributed by atoms with Crippen LogP contribution in [0.5, 0.6) is 5.75 Å². The number of aryl methyl sites for hydroxylation is 1. The molecule has 0 unspecified atom stereocenters. The summed E-state index contributed by atoms with van der Waals surface area (Å²) in [5.74, 6) is 0.861. The van der Waals surface area contributed by atoms with Crippen molar-refractivity contribution in [1.82, 2.24) is 9.38 Å². The molecule has 6 nitrogen and oxygen atoms in total. The van der Waals surface area contributed by atoms with Gasteiger partial charge in [-0.3, -0.25) is 0 Å². The molecule has 20 heavy (non-hydrogen) atoms. The summed E-state index contributed by atoms with van der Waals surface area (Å²) in [7, 11) is 0. The molecule has 3 heterocycles. The van der Waals surface area contributed by atoms with Gasteiger partial charge in [0, 0.05) is 18.1 Å². The molecule has 0 amide bonds. The Hall–Kier alpha value is -1.28. The van der Waals surface area contributed by atoms with Crippen molar-refractivity contribution in [2.75, 3.05) is 5.75 Å². The predicted molar refractivity (Wildman–Crippen MR) is 74.8 cm³/mol. The summed E-state index contributed by atoms with van der Waals surface area (Å²) in [4.78, 5) is 4.37. The van der Waals surface area contributed by atoms with Crippen molar-refractivity contribution in [3.05, 3.63) is 30.2 Å². The monoisotopic (exact) mass is 296 g/mol. The first-order valence-electron chi connectivity index (χ1n) is 6.33. The molecule has 3 rings (SSSR count). The fourth-order valence-electron chi connectivity index (χ4n) is 2.21. The number of hydrogen-bond donors (Lipinski definition) is 3. The van der Waals surface area contributed by atoms with E-state index in [2.05, 4.69) is 4.98 Å². The lowest BCUT2D eigenvalue weighted by molar-refractivity contribution is -0.0784. The minimum Gasteiger partial charge on any atom is -0.473 e. The quantitative estimate of drug-likeness (QED) is 0.733. The van der Waals surface area contributed by atoms with Gasteiger partial charge in [0.15, 0.2) is 16.8 Å². The average molecular weight is 296 g/mol. The highest BCUT2D eigenvalue weighted by molar-refractivity contribution is 7.99. The first kappa shape index (κ1) is 13.7. The van der Waals surface area contributed by atoms with E-state index in [4.69, 9.17) is 4.74 Å². The molecule has 4 atom stereocenters. The van der Waals surface area contributed by atoms with Gasteiger partial charge in [-0.25, -0.2) is 4.98 Å². The SMILES string of the molecule is Cc1cn2cccc(O[C@H]3SC[C@@H](O)[C@H](O)[C@H]3O)c2n1. The summed E-state index contributed by atoms with van der Waals surface area (Å²) in [5, 5.41) is 29.2. The van der Waals surface area contributed by atoms with E-state index < -0.39 is 23.7 Å². The Kier molecular flexibility index (Phi) is 3.59. The summed E-state index contributed by atoms with van der Waals surface area (Å²) < 4.78 is 7.61. The van der Waals surface area contributed by atoms with Crippen LogP contribution in [0, 0.1) is 6.92 Å². The van der Waals surface area contributed by atoms with Gasteiger partial charge in [-0.15, -0.1) is 11.8 Å². The molecular formula is C13H16N2O4S. The lowest BCUT2D eigenvalue weighted by atomic mass is 10.1. The standard InChI is InChI=1S/C13H16N2O4S/c1-7-5-15-4-2-3-9(12(15)14-7)19-13-11(18)10(17)8(16)6-20-13/h2-5,8,10-11,13,16-18H,6H2,1H3/t8-,10+,11-,13+/m1/s1. The van der Waals surface area contributed by atoms with Gasteiger partial charge < -0.3 is 24.5 Å². The second-order valence-corrected chi connectivity index (χ2v) is 5.98. The zero-order chi connectivity index (χ0) is 14.3. The molecule has 1 aliphatic rings. The molecular weight excluding hydrogens is 280 g/mol. The zero-order valence-electron chi connectivity index (χ0n) is 10.9. The van der Waals surface area contributed by atoms with E-state index in [1.54, 1.807) is 6.07 Å². The number of hydrogen-bond acceptors (Lipinski definition) is 6. The Balaban J connectivity index is 1.86. The van der Waals surface area contributed by atoms with Gasteiger partial charge in [0.1, 0.15) is 12.2 Å². The lowest BCUT2D eigenvalue weighted by Gasteiger charge is -2.34. The van der Waals surface area contributed by atoms with Crippen LogP contribution in [0.1, 0.15) is 5.69 Å². The Bertz CT molecular complexity index is 617. The third-order valence-electron chi connectivity index (χ3n) is 3.26. The van der Waals surface area contributed by atoms with E-state index in [1.165, 1.54) is 11.8 Å². The number of pyridine rings is 1. The molecule has 0 aliphatic carbocycles. The van der Waals surface area contributed by atoms with E-state index in [9.17, 15) is 15.3 Å². The van der Waals surface area contributed by atoms with Crippen LogP contribution < -0.4 is 4.74 Å². The smallest absolute Gasteiger partial charge is 0.179 e. The predicted octanol–water partition coefficient (Wildman–Crippen LogP) is 0.177. The Morgan fingerprint density at radius 1 is 1.35 bits per heavy atom.